The lowest BCUT2D eigenvalue weighted by Gasteiger charge is -2.12. The normalized spacial score (nSPS) is 11.4. The third-order valence-corrected chi connectivity index (χ3v) is 5.35. The summed E-state index contributed by atoms with van der Waals surface area (Å²) in [4.78, 5) is 4.16. The molecule has 134 valence electrons. The smallest absolute Gasteiger partial charge is 0.263 e. The number of aromatic nitrogens is 1. The molecular formula is C19H16F2N2O2S. The summed E-state index contributed by atoms with van der Waals surface area (Å²) in [6.45, 7) is 3.35. The number of pyridine rings is 1. The Morgan fingerprint density at radius 1 is 0.962 bits per heavy atom. The van der Waals surface area contributed by atoms with Gasteiger partial charge in [-0.25, -0.2) is 22.2 Å². The molecule has 0 spiro atoms. The highest BCUT2D eigenvalue weighted by atomic mass is 32.2. The van der Waals surface area contributed by atoms with Crippen molar-refractivity contribution >= 4 is 15.8 Å². The van der Waals surface area contributed by atoms with Crippen molar-refractivity contribution in [3.05, 3.63) is 77.5 Å². The van der Waals surface area contributed by atoms with E-state index >= 15 is 0 Å². The first-order valence-electron chi connectivity index (χ1n) is 7.79. The summed E-state index contributed by atoms with van der Waals surface area (Å²) >= 11 is 0. The second kappa shape index (κ2) is 6.84. The second-order valence-corrected chi connectivity index (χ2v) is 7.52. The second-order valence-electron chi connectivity index (χ2n) is 5.87. The van der Waals surface area contributed by atoms with E-state index < -0.39 is 21.7 Å². The van der Waals surface area contributed by atoms with Crippen LogP contribution in [0.4, 0.5) is 14.6 Å². The van der Waals surface area contributed by atoms with Crippen LogP contribution in [0.25, 0.3) is 11.1 Å². The Morgan fingerprint density at radius 3 is 2.42 bits per heavy atom. The first kappa shape index (κ1) is 18.0. The van der Waals surface area contributed by atoms with E-state index in [0.29, 0.717) is 16.8 Å². The highest BCUT2D eigenvalue weighted by Gasteiger charge is 2.19. The van der Waals surface area contributed by atoms with Crippen molar-refractivity contribution in [1.29, 1.82) is 0 Å². The molecule has 1 aromatic heterocycles. The first-order chi connectivity index (χ1) is 12.3. The zero-order valence-electron chi connectivity index (χ0n) is 14.1. The zero-order valence-corrected chi connectivity index (χ0v) is 14.9. The van der Waals surface area contributed by atoms with Gasteiger partial charge in [0.15, 0.2) is 0 Å². The topological polar surface area (TPSA) is 59.1 Å². The van der Waals surface area contributed by atoms with Crippen molar-refractivity contribution in [2.45, 2.75) is 18.7 Å². The Hall–Kier alpha value is -2.80. The molecule has 1 N–H and O–H groups in total. The van der Waals surface area contributed by atoms with E-state index in [0.717, 1.165) is 18.2 Å². The Morgan fingerprint density at radius 2 is 1.73 bits per heavy atom. The Labute approximate surface area is 150 Å². The number of halogens is 2. The lowest BCUT2D eigenvalue weighted by molar-refractivity contribution is 0.600. The summed E-state index contributed by atoms with van der Waals surface area (Å²) in [5, 5.41) is 0. The lowest BCUT2D eigenvalue weighted by Crippen LogP contribution is -2.15. The highest BCUT2D eigenvalue weighted by molar-refractivity contribution is 7.92. The van der Waals surface area contributed by atoms with Crippen molar-refractivity contribution in [3.8, 4) is 11.1 Å². The Bertz CT molecular complexity index is 1080. The molecule has 0 fully saturated rings. The van der Waals surface area contributed by atoms with Crippen molar-refractivity contribution in [2.24, 2.45) is 0 Å². The molecule has 0 atom stereocenters. The van der Waals surface area contributed by atoms with Gasteiger partial charge in [0.05, 0.1) is 4.90 Å². The van der Waals surface area contributed by atoms with E-state index in [2.05, 4.69) is 9.71 Å². The molecule has 0 radical (unpaired) electrons. The van der Waals surface area contributed by atoms with Crippen LogP contribution in [-0.2, 0) is 10.0 Å². The summed E-state index contributed by atoms with van der Waals surface area (Å²) in [6.07, 6.45) is 0. The molecule has 0 aliphatic rings. The maximum Gasteiger partial charge on any atom is 0.263 e. The molecular weight excluding hydrogens is 358 g/mol. The number of nitrogens with one attached hydrogen (secondary N) is 1. The fourth-order valence-corrected chi connectivity index (χ4v) is 3.86. The van der Waals surface area contributed by atoms with Crippen LogP contribution in [0.2, 0.25) is 0 Å². The monoisotopic (exact) mass is 374 g/mol. The van der Waals surface area contributed by atoms with Gasteiger partial charge in [-0.1, -0.05) is 12.1 Å². The van der Waals surface area contributed by atoms with Crippen LogP contribution in [0.3, 0.4) is 0 Å². The Balaban J connectivity index is 1.98. The molecule has 3 aromatic rings. The average molecular weight is 374 g/mol. The third kappa shape index (κ3) is 3.72. The van der Waals surface area contributed by atoms with Gasteiger partial charge in [0.25, 0.3) is 10.0 Å². The molecule has 26 heavy (non-hydrogen) atoms. The van der Waals surface area contributed by atoms with E-state index in [9.17, 15) is 17.2 Å². The number of rotatable bonds is 4. The molecule has 7 heteroatoms. The summed E-state index contributed by atoms with van der Waals surface area (Å²) in [7, 11) is -3.86. The van der Waals surface area contributed by atoms with Gasteiger partial charge in [-0.3, -0.25) is 4.72 Å². The van der Waals surface area contributed by atoms with Crippen LogP contribution in [0.5, 0.6) is 0 Å². The fourth-order valence-electron chi connectivity index (χ4n) is 2.63. The number of anilines is 1. The molecule has 4 nitrogen and oxygen atoms in total. The van der Waals surface area contributed by atoms with Crippen LogP contribution in [0.1, 0.15) is 11.3 Å². The maximum atomic E-state index is 13.9. The third-order valence-electron chi connectivity index (χ3n) is 3.83. The van der Waals surface area contributed by atoms with E-state index in [-0.39, 0.29) is 16.3 Å². The molecule has 1 heterocycles. The minimum absolute atomic E-state index is 0.0429. The molecule has 2 aromatic carbocycles. The zero-order chi connectivity index (χ0) is 18.9. The number of benzene rings is 2. The van der Waals surface area contributed by atoms with Gasteiger partial charge >= 0.3 is 0 Å². The number of hydrogen-bond donors (Lipinski definition) is 1. The van der Waals surface area contributed by atoms with Gasteiger partial charge in [0.1, 0.15) is 17.5 Å². The molecule has 0 aliphatic carbocycles. The van der Waals surface area contributed by atoms with E-state index in [1.165, 1.54) is 18.2 Å². The van der Waals surface area contributed by atoms with Gasteiger partial charge in [-0.15, -0.1) is 0 Å². The van der Waals surface area contributed by atoms with Gasteiger partial charge < -0.3 is 0 Å². The summed E-state index contributed by atoms with van der Waals surface area (Å²) in [5.74, 6) is -0.934. The average Bonchev–Trinajstić information content (AvgIpc) is 2.56. The number of aryl methyl sites for hydroxylation is 2. The molecule has 0 unspecified atom stereocenters. The molecule has 0 bridgehead atoms. The number of nitrogens with zero attached hydrogens (tertiary/aromatic N) is 1. The number of sulfonamides is 1. The summed E-state index contributed by atoms with van der Waals surface area (Å²) in [5.41, 5.74) is 1.56. The molecule has 0 saturated heterocycles. The van der Waals surface area contributed by atoms with Crippen molar-refractivity contribution in [1.82, 2.24) is 4.98 Å². The van der Waals surface area contributed by atoms with E-state index in [1.54, 1.807) is 32.0 Å². The number of hydrogen-bond acceptors (Lipinski definition) is 3. The van der Waals surface area contributed by atoms with Gasteiger partial charge in [-0.05, 0) is 67.4 Å². The summed E-state index contributed by atoms with van der Waals surface area (Å²) < 4.78 is 55.0. The quantitative estimate of drug-likeness (QED) is 0.734. The predicted molar refractivity (Wildman–Crippen MR) is 96.3 cm³/mol. The van der Waals surface area contributed by atoms with Crippen LogP contribution in [0.15, 0.2) is 59.5 Å². The first-order valence-corrected chi connectivity index (χ1v) is 9.27. The highest BCUT2D eigenvalue weighted by Crippen LogP contribution is 2.28. The SMILES string of the molecule is Cc1cccc(NS(=O)(=O)c2ccc(-c3cc(F)ccc3F)cc2C)n1. The molecule has 0 saturated carbocycles. The standard InChI is InChI=1S/C19H16F2N2O2S/c1-12-10-14(16-11-15(20)7-8-17(16)21)6-9-18(12)26(24,25)23-19-5-3-4-13(2)22-19/h3-11H,1-2H3,(H,22,23). The van der Waals surface area contributed by atoms with E-state index in [4.69, 9.17) is 0 Å². The van der Waals surface area contributed by atoms with Gasteiger partial charge in [0, 0.05) is 11.3 Å². The van der Waals surface area contributed by atoms with Crippen LogP contribution < -0.4 is 4.72 Å². The van der Waals surface area contributed by atoms with Crippen molar-refractivity contribution in [2.75, 3.05) is 4.72 Å². The predicted octanol–water partition coefficient (Wildman–Crippen LogP) is 4.44. The van der Waals surface area contributed by atoms with E-state index in [1.807, 2.05) is 0 Å². The lowest BCUT2D eigenvalue weighted by atomic mass is 10.0. The van der Waals surface area contributed by atoms with Crippen molar-refractivity contribution in [3.63, 3.8) is 0 Å². The molecule has 0 amide bonds. The minimum atomic E-state index is -3.86. The summed E-state index contributed by atoms with van der Waals surface area (Å²) in [6, 6.07) is 12.5. The minimum Gasteiger partial charge on any atom is -0.263 e. The van der Waals surface area contributed by atoms with Crippen LogP contribution in [0, 0.1) is 25.5 Å². The van der Waals surface area contributed by atoms with Crippen molar-refractivity contribution < 1.29 is 17.2 Å². The molecule has 3 rings (SSSR count). The Kier molecular flexibility index (Phi) is 4.73. The molecule has 0 aliphatic heterocycles. The van der Waals surface area contributed by atoms with Crippen LogP contribution in [-0.4, -0.2) is 13.4 Å². The van der Waals surface area contributed by atoms with Crippen LogP contribution >= 0.6 is 0 Å². The van der Waals surface area contributed by atoms with Gasteiger partial charge in [0.2, 0.25) is 0 Å². The maximum absolute atomic E-state index is 13.9. The fraction of sp³-hybridized carbons (Fsp3) is 0.105. The largest absolute Gasteiger partial charge is 0.263 e. The van der Waals surface area contributed by atoms with Gasteiger partial charge in [-0.2, -0.15) is 0 Å².